The third kappa shape index (κ3) is 6.17. The molecule has 2 aromatic carbocycles. The molecule has 0 bridgehead atoms. The molecule has 2 aromatic rings. The maximum Gasteiger partial charge on any atom is 0.241 e. The van der Waals surface area contributed by atoms with E-state index in [1.807, 2.05) is 13.8 Å². The van der Waals surface area contributed by atoms with Gasteiger partial charge in [-0.3, -0.25) is 9.59 Å². The number of nitrogens with one attached hydrogen (secondary N) is 2. The minimum Gasteiger partial charge on any atom is -0.351 e. The predicted octanol–water partition coefficient (Wildman–Crippen LogP) is 3.13. The lowest BCUT2D eigenvalue weighted by Gasteiger charge is -2.21. The molecule has 33 heavy (non-hydrogen) atoms. The molecule has 0 fully saturated rings. The number of carbonyl (C=O) groups excluding carboxylic acids is 2. The van der Waals surface area contributed by atoms with E-state index in [2.05, 4.69) is 10.0 Å². The van der Waals surface area contributed by atoms with Gasteiger partial charge in [0.15, 0.2) is 0 Å². The van der Waals surface area contributed by atoms with Crippen molar-refractivity contribution >= 4 is 27.5 Å². The first-order valence-electron chi connectivity index (χ1n) is 11.1. The van der Waals surface area contributed by atoms with Crippen molar-refractivity contribution in [3.63, 3.8) is 0 Å². The molecule has 2 N–H and O–H groups in total. The zero-order chi connectivity index (χ0) is 24.2. The van der Waals surface area contributed by atoms with Gasteiger partial charge in [0.05, 0.1) is 4.90 Å². The molecule has 1 heterocycles. The average Bonchev–Trinajstić information content (AvgIpc) is 3.20. The van der Waals surface area contributed by atoms with Crippen LogP contribution in [0.5, 0.6) is 0 Å². The highest BCUT2D eigenvalue weighted by molar-refractivity contribution is 7.89. The minimum absolute atomic E-state index is 0.00250. The van der Waals surface area contributed by atoms with Gasteiger partial charge in [-0.05, 0) is 60.2 Å². The Morgan fingerprint density at radius 2 is 1.82 bits per heavy atom. The zero-order valence-electron chi connectivity index (χ0n) is 19.1. The van der Waals surface area contributed by atoms with Crippen molar-refractivity contribution in [1.29, 1.82) is 0 Å². The molecule has 0 aliphatic carbocycles. The van der Waals surface area contributed by atoms with E-state index in [0.29, 0.717) is 31.4 Å². The fraction of sp³-hybridized carbons (Fsp3) is 0.417. The Labute approximate surface area is 194 Å². The van der Waals surface area contributed by atoms with Crippen molar-refractivity contribution in [1.82, 2.24) is 10.0 Å². The Balaban J connectivity index is 1.74. The van der Waals surface area contributed by atoms with E-state index in [1.54, 1.807) is 36.1 Å². The normalized spacial score (nSPS) is 14.3. The lowest BCUT2D eigenvalue weighted by Crippen LogP contribution is -2.47. The highest BCUT2D eigenvalue weighted by atomic mass is 32.2. The minimum atomic E-state index is -3.97. The quantitative estimate of drug-likeness (QED) is 0.583. The summed E-state index contributed by atoms with van der Waals surface area (Å²) in [5, 5.41) is 2.73. The van der Waals surface area contributed by atoms with E-state index in [9.17, 15) is 22.4 Å². The van der Waals surface area contributed by atoms with E-state index in [-0.39, 0.29) is 29.1 Å². The molecule has 2 amide bonds. The van der Waals surface area contributed by atoms with Crippen molar-refractivity contribution in [3.05, 3.63) is 59.4 Å². The maximum absolute atomic E-state index is 13.1. The highest BCUT2D eigenvalue weighted by Gasteiger charge is 2.29. The van der Waals surface area contributed by atoms with Crippen LogP contribution in [-0.4, -0.2) is 32.8 Å². The number of halogens is 1. The monoisotopic (exact) mass is 475 g/mol. The smallest absolute Gasteiger partial charge is 0.241 e. The molecule has 1 aliphatic rings. The molecular formula is C24H30FN3O4S. The molecule has 7 nitrogen and oxygen atoms in total. The Morgan fingerprint density at radius 3 is 2.45 bits per heavy atom. The van der Waals surface area contributed by atoms with Crippen LogP contribution in [0.3, 0.4) is 0 Å². The molecule has 1 unspecified atom stereocenters. The van der Waals surface area contributed by atoms with Crippen LogP contribution in [0, 0.1) is 11.7 Å². The van der Waals surface area contributed by atoms with Crippen molar-refractivity contribution in [3.8, 4) is 0 Å². The van der Waals surface area contributed by atoms with Crippen LogP contribution in [0.15, 0.2) is 47.4 Å². The molecule has 178 valence electrons. The van der Waals surface area contributed by atoms with Gasteiger partial charge in [0, 0.05) is 25.2 Å². The SMILES string of the molecule is CCC(=O)N1CCc2cc(S(=O)(=O)NC(CC(C)C)C(=O)NCc3ccc(F)cc3)ccc21. The molecular weight excluding hydrogens is 445 g/mol. The summed E-state index contributed by atoms with van der Waals surface area (Å²) in [6.07, 6.45) is 1.28. The number of hydrogen-bond donors (Lipinski definition) is 2. The number of nitrogens with zero attached hydrogens (tertiary/aromatic N) is 1. The molecule has 9 heteroatoms. The predicted molar refractivity (Wildman–Crippen MR) is 125 cm³/mol. The number of amides is 2. The summed E-state index contributed by atoms with van der Waals surface area (Å²) in [5.41, 5.74) is 2.23. The number of rotatable bonds is 9. The van der Waals surface area contributed by atoms with Crippen molar-refractivity contribution in [2.24, 2.45) is 5.92 Å². The molecule has 3 rings (SSSR count). The number of hydrogen-bond acceptors (Lipinski definition) is 4. The molecule has 0 saturated carbocycles. The van der Waals surface area contributed by atoms with Gasteiger partial charge in [0.25, 0.3) is 0 Å². The van der Waals surface area contributed by atoms with Gasteiger partial charge in [-0.15, -0.1) is 0 Å². The van der Waals surface area contributed by atoms with Crippen LogP contribution in [0.1, 0.15) is 44.7 Å². The van der Waals surface area contributed by atoms with Gasteiger partial charge >= 0.3 is 0 Å². The number of benzene rings is 2. The topological polar surface area (TPSA) is 95.6 Å². The van der Waals surface area contributed by atoms with Crippen molar-refractivity contribution < 1.29 is 22.4 Å². The van der Waals surface area contributed by atoms with Crippen LogP contribution in [0.2, 0.25) is 0 Å². The Bertz CT molecular complexity index is 1120. The van der Waals surface area contributed by atoms with Crippen LogP contribution >= 0.6 is 0 Å². The standard InChI is InChI=1S/C24H30FN3O4S/c1-4-23(29)28-12-11-18-14-20(9-10-22(18)28)33(31,32)27-21(13-16(2)3)24(30)26-15-17-5-7-19(25)8-6-17/h5-10,14,16,21,27H,4,11-13,15H2,1-3H3,(H,26,30). The Hall–Kier alpha value is -2.78. The largest absolute Gasteiger partial charge is 0.351 e. The Kier molecular flexibility index (Phi) is 7.86. The lowest BCUT2D eigenvalue weighted by atomic mass is 10.0. The molecule has 1 atom stereocenters. The molecule has 0 spiro atoms. The number of sulfonamides is 1. The maximum atomic E-state index is 13.1. The summed E-state index contributed by atoms with van der Waals surface area (Å²) in [4.78, 5) is 26.6. The van der Waals surface area contributed by atoms with Crippen LogP contribution in [0.4, 0.5) is 10.1 Å². The fourth-order valence-electron chi connectivity index (χ4n) is 3.85. The Morgan fingerprint density at radius 1 is 1.12 bits per heavy atom. The van der Waals surface area contributed by atoms with Crippen LogP contribution in [0.25, 0.3) is 0 Å². The average molecular weight is 476 g/mol. The first kappa shape index (κ1) is 24.9. The van der Waals surface area contributed by atoms with E-state index in [0.717, 1.165) is 11.3 Å². The van der Waals surface area contributed by atoms with E-state index >= 15 is 0 Å². The first-order chi connectivity index (χ1) is 15.6. The number of fused-ring (bicyclic) bond motifs is 1. The summed E-state index contributed by atoms with van der Waals surface area (Å²) < 4.78 is 41.8. The molecule has 0 radical (unpaired) electrons. The summed E-state index contributed by atoms with van der Waals surface area (Å²) in [6.45, 7) is 6.29. The summed E-state index contributed by atoms with van der Waals surface area (Å²) in [7, 11) is -3.97. The van der Waals surface area contributed by atoms with E-state index in [4.69, 9.17) is 0 Å². The summed E-state index contributed by atoms with van der Waals surface area (Å²) in [6, 6.07) is 9.47. The van der Waals surface area contributed by atoms with Gasteiger partial charge in [-0.25, -0.2) is 12.8 Å². The van der Waals surface area contributed by atoms with E-state index in [1.165, 1.54) is 18.2 Å². The van der Waals surface area contributed by atoms with Gasteiger partial charge in [-0.2, -0.15) is 4.72 Å². The fourth-order valence-corrected chi connectivity index (χ4v) is 5.10. The zero-order valence-corrected chi connectivity index (χ0v) is 19.9. The lowest BCUT2D eigenvalue weighted by molar-refractivity contribution is -0.123. The number of anilines is 1. The first-order valence-corrected chi connectivity index (χ1v) is 12.6. The van der Waals surface area contributed by atoms with Crippen molar-refractivity contribution in [2.45, 2.75) is 57.5 Å². The second kappa shape index (κ2) is 10.4. The molecule has 1 aliphatic heterocycles. The summed E-state index contributed by atoms with van der Waals surface area (Å²) in [5.74, 6) is -0.746. The van der Waals surface area contributed by atoms with E-state index < -0.39 is 22.0 Å². The van der Waals surface area contributed by atoms with Gasteiger partial charge < -0.3 is 10.2 Å². The van der Waals surface area contributed by atoms with Gasteiger partial charge in [-0.1, -0.05) is 32.9 Å². The number of carbonyl (C=O) groups is 2. The van der Waals surface area contributed by atoms with Crippen molar-refractivity contribution in [2.75, 3.05) is 11.4 Å². The molecule has 0 aromatic heterocycles. The van der Waals surface area contributed by atoms with Crippen LogP contribution < -0.4 is 14.9 Å². The van der Waals surface area contributed by atoms with Gasteiger partial charge in [0.1, 0.15) is 11.9 Å². The van der Waals surface area contributed by atoms with Gasteiger partial charge in [0.2, 0.25) is 21.8 Å². The third-order valence-corrected chi connectivity index (χ3v) is 7.03. The highest BCUT2D eigenvalue weighted by Crippen LogP contribution is 2.30. The second-order valence-electron chi connectivity index (χ2n) is 8.59. The molecule has 0 saturated heterocycles. The van der Waals surface area contributed by atoms with Crippen LogP contribution in [-0.2, 0) is 32.6 Å². The summed E-state index contributed by atoms with van der Waals surface area (Å²) >= 11 is 0. The third-order valence-electron chi connectivity index (χ3n) is 5.56. The second-order valence-corrected chi connectivity index (χ2v) is 10.3.